The van der Waals surface area contributed by atoms with E-state index in [1.165, 1.54) is 0 Å². The molecule has 0 bridgehead atoms. The molecule has 0 spiro atoms. The number of aliphatic hydroxyl groups excluding tert-OH is 1. The van der Waals surface area contributed by atoms with Gasteiger partial charge in [-0.3, -0.25) is 0 Å². The van der Waals surface area contributed by atoms with Crippen LogP contribution < -0.4 is 0 Å². The third kappa shape index (κ3) is 5.69. The fourth-order valence-electron chi connectivity index (χ4n) is 1.58. The molecule has 0 heterocycles. The van der Waals surface area contributed by atoms with Gasteiger partial charge in [0.2, 0.25) is 0 Å². The summed E-state index contributed by atoms with van der Waals surface area (Å²) in [6, 6.07) is 19.2. The van der Waals surface area contributed by atoms with Gasteiger partial charge in [0.25, 0.3) is 0 Å². The lowest BCUT2D eigenvalue weighted by Crippen LogP contribution is -2.14. The van der Waals surface area contributed by atoms with Gasteiger partial charge in [-0.2, -0.15) is 0 Å². The van der Waals surface area contributed by atoms with Gasteiger partial charge in [-0.1, -0.05) is 60.7 Å². The molecule has 0 aliphatic heterocycles. The largest absolute Gasteiger partial charge is 0.389 e. The molecule has 2 N–H and O–H groups in total. The molecule has 1 atom stereocenters. The molecular formula is C17H22O2. The van der Waals surface area contributed by atoms with E-state index in [4.69, 9.17) is 5.11 Å². The maximum absolute atomic E-state index is 9.49. The molecule has 2 nitrogen and oxygen atoms in total. The first kappa shape index (κ1) is 15.4. The highest BCUT2D eigenvalue weighted by molar-refractivity contribution is 5.20. The Balaban J connectivity index is 0.000000191. The smallest absolute Gasteiger partial charge is 0.0840 e. The average Bonchev–Trinajstić information content (AvgIpc) is 2.40. The minimum atomic E-state index is -0.707. The van der Waals surface area contributed by atoms with Gasteiger partial charge in [0.1, 0.15) is 0 Å². The third-order valence-electron chi connectivity index (χ3n) is 2.76. The molecule has 19 heavy (non-hydrogen) atoms. The number of hydrogen-bond donors (Lipinski definition) is 2. The highest BCUT2D eigenvalue weighted by atomic mass is 16.3. The van der Waals surface area contributed by atoms with Crippen LogP contribution in [0.2, 0.25) is 0 Å². The first-order chi connectivity index (χ1) is 8.91. The Morgan fingerprint density at radius 3 is 1.53 bits per heavy atom. The molecular weight excluding hydrogens is 236 g/mol. The van der Waals surface area contributed by atoms with Crippen molar-refractivity contribution in [3.63, 3.8) is 0 Å². The first-order valence-electron chi connectivity index (χ1n) is 6.42. The van der Waals surface area contributed by atoms with Crippen molar-refractivity contribution >= 4 is 0 Å². The number of aliphatic hydroxyl groups is 2. The Kier molecular flexibility index (Phi) is 5.74. The van der Waals surface area contributed by atoms with Crippen LogP contribution in [-0.4, -0.2) is 10.2 Å². The Bertz CT molecular complexity index is 456. The zero-order chi connectivity index (χ0) is 14.3. The third-order valence-corrected chi connectivity index (χ3v) is 2.76. The Morgan fingerprint density at radius 1 is 0.842 bits per heavy atom. The summed E-state index contributed by atoms with van der Waals surface area (Å²) in [4.78, 5) is 0. The van der Waals surface area contributed by atoms with E-state index in [0.717, 1.165) is 11.1 Å². The van der Waals surface area contributed by atoms with Crippen LogP contribution in [0.25, 0.3) is 0 Å². The summed E-state index contributed by atoms with van der Waals surface area (Å²) in [5.41, 5.74) is 1.22. The molecule has 0 amide bonds. The molecule has 2 rings (SSSR count). The van der Waals surface area contributed by atoms with Gasteiger partial charge >= 0.3 is 0 Å². The highest BCUT2D eigenvalue weighted by Crippen LogP contribution is 2.17. The lowest BCUT2D eigenvalue weighted by Gasteiger charge is -2.16. The Hall–Kier alpha value is -1.64. The van der Waals surface area contributed by atoms with Gasteiger partial charge in [-0.05, 0) is 31.9 Å². The monoisotopic (exact) mass is 258 g/mol. The standard InChI is InChI=1S/C9H12O.C8H10O/c1-9(2,10)8-6-4-3-5-7-8;1-7(9)8-5-3-2-4-6-8/h3-7,10H,1-2H3;2-7,9H,1H3. The molecule has 0 saturated heterocycles. The number of hydrogen-bond acceptors (Lipinski definition) is 2. The van der Waals surface area contributed by atoms with Crippen LogP contribution in [0.3, 0.4) is 0 Å². The van der Waals surface area contributed by atoms with Crippen LogP contribution in [-0.2, 0) is 5.60 Å². The number of rotatable bonds is 2. The molecule has 2 aromatic rings. The van der Waals surface area contributed by atoms with E-state index in [2.05, 4.69) is 0 Å². The van der Waals surface area contributed by atoms with Crippen LogP contribution in [0.15, 0.2) is 60.7 Å². The van der Waals surface area contributed by atoms with Crippen LogP contribution in [0, 0.1) is 0 Å². The zero-order valence-corrected chi connectivity index (χ0v) is 11.7. The Morgan fingerprint density at radius 2 is 1.26 bits per heavy atom. The van der Waals surface area contributed by atoms with Gasteiger partial charge in [0.15, 0.2) is 0 Å². The highest BCUT2D eigenvalue weighted by Gasteiger charge is 2.13. The van der Waals surface area contributed by atoms with E-state index in [1.54, 1.807) is 20.8 Å². The molecule has 0 aromatic heterocycles. The van der Waals surface area contributed by atoms with Crippen molar-refractivity contribution in [2.24, 2.45) is 0 Å². The van der Waals surface area contributed by atoms with Crippen LogP contribution in [0.5, 0.6) is 0 Å². The summed E-state index contributed by atoms with van der Waals surface area (Å²) >= 11 is 0. The zero-order valence-electron chi connectivity index (χ0n) is 11.7. The lowest BCUT2D eigenvalue weighted by molar-refractivity contribution is 0.0786. The SMILES string of the molecule is CC(C)(O)c1ccccc1.CC(O)c1ccccc1. The minimum Gasteiger partial charge on any atom is -0.389 e. The van der Waals surface area contributed by atoms with E-state index in [1.807, 2.05) is 60.7 Å². The first-order valence-corrected chi connectivity index (χ1v) is 6.42. The quantitative estimate of drug-likeness (QED) is 0.863. The summed E-state index contributed by atoms with van der Waals surface area (Å²) in [5.74, 6) is 0. The van der Waals surface area contributed by atoms with Gasteiger partial charge < -0.3 is 10.2 Å². The van der Waals surface area contributed by atoms with Gasteiger partial charge in [0, 0.05) is 0 Å². The van der Waals surface area contributed by atoms with Gasteiger partial charge in [-0.15, -0.1) is 0 Å². The molecule has 1 unspecified atom stereocenters. The van der Waals surface area contributed by atoms with Crippen molar-refractivity contribution in [3.05, 3.63) is 71.8 Å². The summed E-state index contributed by atoms with van der Waals surface area (Å²) in [6.07, 6.45) is -0.341. The van der Waals surface area contributed by atoms with Crippen LogP contribution in [0.1, 0.15) is 38.0 Å². The van der Waals surface area contributed by atoms with E-state index >= 15 is 0 Å². The van der Waals surface area contributed by atoms with Crippen LogP contribution in [0.4, 0.5) is 0 Å². The van der Waals surface area contributed by atoms with E-state index in [-0.39, 0.29) is 6.10 Å². The molecule has 102 valence electrons. The predicted molar refractivity (Wildman–Crippen MR) is 78.8 cm³/mol. The Labute approximate surface area is 115 Å². The molecule has 0 fully saturated rings. The molecule has 0 saturated carbocycles. The molecule has 2 heteroatoms. The van der Waals surface area contributed by atoms with Crippen molar-refractivity contribution in [3.8, 4) is 0 Å². The summed E-state index contributed by atoms with van der Waals surface area (Å²) < 4.78 is 0. The summed E-state index contributed by atoms with van der Waals surface area (Å²) in [5, 5.41) is 18.5. The van der Waals surface area contributed by atoms with E-state index in [9.17, 15) is 5.11 Å². The van der Waals surface area contributed by atoms with Crippen molar-refractivity contribution in [1.29, 1.82) is 0 Å². The number of benzene rings is 2. The second-order valence-electron chi connectivity index (χ2n) is 5.01. The maximum atomic E-state index is 9.49. The maximum Gasteiger partial charge on any atom is 0.0840 e. The fraction of sp³-hybridized carbons (Fsp3) is 0.294. The fourth-order valence-corrected chi connectivity index (χ4v) is 1.58. The molecule has 0 aliphatic carbocycles. The molecule has 0 aliphatic rings. The van der Waals surface area contributed by atoms with Crippen molar-refractivity contribution in [2.75, 3.05) is 0 Å². The van der Waals surface area contributed by atoms with Crippen molar-refractivity contribution in [1.82, 2.24) is 0 Å². The van der Waals surface area contributed by atoms with Crippen LogP contribution >= 0.6 is 0 Å². The summed E-state index contributed by atoms with van der Waals surface area (Å²) in [7, 11) is 0. The van der Waals surface area contributed by atoms with E-state index in [0.29, 0.717) is 0 Å². The van der Waals surface area contributed by atoms with Gasteiger partial charge in [0.05, 0.1) is 11.7 Å². The van der Waals surface area contributed by atoms with Gasteiger partial charge in [-0.25, -0.2) is 0 Å². The molecule has 2 aromatic carbocycles. The van der Waals surface area contributed by atoms with E-state index < -0.39 is 5.60 Å². The second-order valence-corrected chi connectivity index (χ2v) is 5.01. The second kappa shape index (κ2) is 7.07. The summed E-state index contributed by atoms with van der Waals surface area (Å²) in [6.45, 7) is 5.32. The lowest BCUT2D eigenvalue weighted by atomic mass is 9.99. The predicted octanol–water partition coefficient (Wildman–Crippen LogP) is 3.65. The molecule has 0 radical (unpaired) electrons. The van der Waals surface area contributed by atoms with Crippen molar-refractivity contribution in [2.45, 2.75) is 32.5 Å². The van der Waals surface area contributed by atoms with Crippen molar-refractivity contribution < 1.29 is 10.2 Å². The average molecular weight is 258 g/mol. The minimum absolute atomic E-state index is 0.341. The normalized spacial score (nSPS) is 12.3. The topological polar surface area (TPSA) is 40.5 Å².